The molecule has 2 aromatic rings. The summed E-state index contributed by atoms with van der Waals surface area (Å²) in [5, 5.41) is 0.408. The van der Waals surface area contributed by atoms with Gasteiger partial charge in [0.05, 0.1) is 0 Å². The fourth-order valence-electron chi connectivity index (χ4n) is 2.12. The largest absolute Gasteiger partial charge is 0.327 e. The highest BCUT2D eigenvalue weighted by Gasteiger charge is 2.16. The molecule has 2 N–H and O–H groups in total. The van der Waals surface area contributed by atoms with Crippen molar-refractivity contribution in [3.8, 4) is 0 Å². The SMILES string of the molecule is CC(c1ccccc1)C(N)Cc1ccc(Cl)cc1F. The fraction of sp³-hybridized carbons (Fsp3) is 0.250. The minimum absolute atomic E-state index is 0.127. The maximum Gasteiger partial charge on any atom is 0.127 e. The predicted molar refractivity (Wildman–Crippen MR) is 77.9 cm³/mol. The van der Waals surface area contributed by atoms with Gasteiger partial charge in [-0.1, -0.05) is 54.9 Å². The highest BCUT2D eigenvalue weighted by Crippen LogP contribution is 2.22. The van der Waals surface area contributed by atoms with E-state index in [1.165, 1.54) is 11.6 Å². The number of halogens is 2. The predicted octanol–water partition coefficient (Wildman–Crippen LogP) is 4.15. The van der Waals surface area contributed by atoms with Gasteiger partial charge in [0.2, 0.25) is 0 Å². The lowest BCUT2D eigenvalue weighted by molar-refractivity contribution is 0.539. The van der Waals surface area contributed by atoms with Crippen LogP contribution in [0.3, 0.4) is 0 Å². The lowest BCUT2D eigenvalue weighted by atomic mass is 9.90. The molecule has 0 amide bonds. The standard InChI is InChI=1S/C16H17ClFN/c1-11(12-5-3-2-4-6-12)16(19)9-13-7-8-14(17)10-15(13)18/h2-8,10-11,16H,9,19H2,1H3. The molecule has 0 aliphatic carbocycles. The zero-order valence-corrected chi connectivity index (χ0v) is 11.6. The molecule has 0 aliphatic heterocycles. The molecule has 100 valence electrons. The highest BCUT2D eigenvalue weighted by atomic mass is 35.5. The smallest absolute Gasteiger partial charge is 0.127 e. The molecule has 0 aromatic heterocycles. The Morgan fingerprint density at radius 1 is 1.16 bits per heavy atom. The topological polar surface area (TPSA) is 26.0 Å². The van der Waals surface area contributed by atoms with Crippen LogP contribution in [0.5, 0.6) is 0 Å². The molecule has 0 aliphatic rings. The first-order chi connectivity index (χ1) is 9.08. The van der Waals surface area contributed by atoms with Crippen LogP contribution in [0.1, 0.15) is 24.0 Å². The maximum atomic E-state index is 13.7. The third kappa shape index (κ3) is 3.55. The molecule has 0 bridgehead atoms. The van der Waals surface area contributed by atoms with E-state index in [-0.39, 0.29) is 17.8 Å². The Bertz CT molecular complexity index is 542. The summed E-state index contributed by atoms with van der Waals surface area (Å²) in [4.78, 5) is 0. The summed E-state index contributed by atoms with van der Waals surface area (Å²) in [7, 11) is 0. The first kappa shape index (κ1) is 14.0. The van der Waals surface area contributed by atoms with Gasteiger partial charge in [-0.05, 0) is 35.6 Å². The quantitative estimate of drug-likeness (QED) is 0.892. The van der Waals surface area contributed by atoms with E-state index in [4.69, 9.17) is 17.3 Å². The third-order valence-corrected chi connectivity index (χ3v) is 3.67. The Hall–Kier alpha value is -1.38. The van der Waals surface area contributed by atoms with Gasteiger partial charge < -0.3 is 5.73 Å². The molecule has 0 radical (unpaired) electrons. The third-order valence-electron chi connectivity index (χ3n) is 3.44. The summed E-state index contributed by atoms with van der Waals surface area (Å²) in [6, 6.07) is 14.6. The van der Waals surface area contributed by atoms with Gasteiger partial charge in [-0.15, -0.1) is 0 Å². The van der Waals surface area contributed by atoms with Gasteiger partial charge in [-0.2, -0.15) is 0 Å². The van der Waals surface area contributed by atoms with Crippen molar-refractivity contribution in [2.24, 2.45) is 5.73 Å². The van der Waals surface area contributed by atoms with E-state index < -0.39 is 0 Å². The van der Waals surface area contributed by atoms with E-state index in [9.17, 15) is 4.39 Å². The van der Waals surface area contributed by atoms with E-state index in [0.29, 0.717) is 17.0 Å². The molecular weight excluding hydrogens is 261 g/mol. The van der Waals surface area contributed by atoms with Crippen LogP contribution >= 0.6 is 11.6 Å². The highest BCUT2D eigenvalue weighted by molar-refractivity contribution is 6.30. The van der Waals surface area contributed by atoms with Crippen LogP contribution in [0.2, 0.25) is 5.02 Å². The van der Waals surface area contributed by atoms with Gasteiger partial charge in [0.1, 0.15) is 5.82 Å². The molecule has 0 saturated carbocycles. The Morgan fingerprint density at radius 3 is 2.47 bits per heavy atom. The van der Waals surface area contributed by atoms with Crippen LogP contribution < -0.4 is 5.73 Å². The van der Waals surface area contributed by atoms with E-state index in [1.54, 1.807) is 12.1 Å². The second-order valence-corrected chi connectivity index (χ2v) is 5.24. The van der Waals surface area contributed by atoms with Crippen LogP contribution in [0.4, 0.5) is 4.39 Å². The van der Waals surface area contributed by atoms with Crippen LogP contribution in [0.15, 0.2) is 48.5 Å². The van der Waals surface area contributed by atoms with Gasteiger partial charge in [0.25, 0.3) is 0 Å². The molecule has 2 atom stereocenters. The Labute approximate surface area is 118 Å². The number of hydrogen-bond donors (Lipinski definition) is 1. The number of rotatable bonds is 4. The lowest BCUT2D eigenvalue weighted by Crippen LogP contribution is -2.29. The van der Waals surface area contributed by atoms with Crippen molar-refractivity contribution in [2.45, 2.75) is 25.3 Å². The number of nitrogens with two attached hydrogens (primary N) is 1. The van der Waals surface area contributed by atoms with E-state index >= 15 is 0 Å². The fourth-order valence-corrected chi connectivity index (χ4v) is 2.28. The second kappa shape index (κ2) is 6.18. The summed E-state index contributed by atoms with van der Waals surface area (Å²) in [5.74, 6) is -0.112. The Morgan fingerprint density at radius 2 is 1.84 bits per heavy atom. The van der Waals surface area contributed by atoms with Gasteiger partial charge >= 0.3 is 0 Å². The summed E-state index contributed by atoms with van der Waals surface area (Å²) in [6.45, 7) is 2.06. The van der Waals surface area contributed by atoms with Crippen molar-refractivity contribution in [3.05, 3.63) is 70.5 Å². The first-order valence-electron chi connectivity index (χ1n) is 6.32. The molecule has 0 fully saturated rings. The van der Waals surface area contributed by atoms with Crippen LogP contribution in [-0.2, 0) is 6.42 Å². The molecule has 2 rings (SSSR count). The van der Waals surface area contributed by atoms with Gasteiger partial charge in [0.15, 0.2) is 0 Å². The maximum absolute atomic E-state index is 13.7. The normalized spacial score (nSPS) is 14.1. The second-order valence-electron chi connectivity index (χ2n) is 4.80. The minimum atomic E-state index is -0.289. The van der Waals surface area contributed by atoms with E-state index in [1.807, 2.05) is 30.3 Å². The van der Waals surface area contributed by atoms with Crippen molar-refractivity contribution < 1.29 is 4.39 Å². The first-order valence-corrected chi connectivity index (χ1v) is 6.70. The average molecular weight is 278 g/mol. The number of hydrogen-bond acceptors (Lipinski definition) is 1. The van der Waals surface area contributed by atoms with Crippen LogP contribution in [0, 0.1) is 5.82 Å². The van der Waals surface area contributed by atoms with Gasteiger partial charge in [0, 0.05) is 11.1 Å². The zero-order chi connectivity index (χ0) is 13.8. The lowest BCUT2D eigenvalue weighted by Gasteiger charge is -2.20. The monoisotopic (exact) mass is 277 g/mol. The average Bonchev–Trinajstić information content (AvgIpc) is 2.42. The van der Waals surface area contributed by atoms with Crippen LogP contribution in [0.25, 0.3) is 0 Å². The molecule has 2 aromatic carbocycles. The molecular formula is C16H17ClFN. The number of benzene rings is 2. The van der Waals surface area contributed by atoms with Crippen molar-refractivity contribution in [2.75, 3.05) is 0 Å². The summed E-state index contributed by atoms with van der Waals surface area (Å²) in [5.41, 5.74) is 7.97. The van der Waals surface area contributed by atoms with Crippen molar-refractivity contribution in [1.29, 1.82) is 0 Å². The van der Waals surface area contributed by atoms with Gasteiger partial charge in [-0.25, -0.2) is 4.39 Å². The molecule has 3 heteroatoms. The summed E-state index contributed by atoms with van der Waals surface area (Å²) in [6.07, 6.45) is 0.499. The Balaban J connectivity index is 2.10. The Kier molecular flexibility index (Phi) is 4.56. The van der Waals surface area contributed by atoms with Crippen molar-refractivity contribution in [1.82, 2.24) is 0 Å². The van der Waals surface area contributed by atoms with Crippen molar-refractivity contribution in [3.63, 3.8) is 0 Å². The van der Waals surface area contributed by atoms with Crippen LogP contribution in [-0.4, -0.2) is 6.04 Å². The molecule has 0 saturated heterocycles. The molecule has 1 nitrogen and oxygen atoms in total. The van der Waals surface area contributed by atoms with E-state index in [0.717, 1.165) is 0 Å². The molecule has 19 heavy (non-hydrogen) atoms. The molecule has 0 spiro atoms. The molecule has 0 heterocycles. The molecule has 2 unspecified atom stereocenters. The van der Waals surface area contributed by atoms with E-state index in [2.05, 4.69) is 6.92 Å². The van der Waals surface area contributed by atoms with Gasteiger partial charge in [-0.3, -0.25) is 0 Å². The van der Waals surface area contributed by atoms with Crippen molar-refractivity contribution >= 4 is 11.6 Å². The summed E-state index contributed by atoms with van der Waals surface area (Å²) < 4.78 is 13.7. The summed E-state index contributed by atoms with van der Waals surface area (Å²) >= 11 is 5.74. The minimum Gasteiger partial charge on any atom is -0.327 e. The zero-order valence-electron chi connectivity index (χ0n) is 10.8.